The van der Waals surface area contributed by atoms with Gasteiger partial charge in [0, 0.05) is 24.3 Å². The summed E-state index contributed by atoms with van der Waals surface area (Å²) in [6.07, 6.45) is 3.93. The number of anilines is 3. The van der Waals surface area contributed by atoms with E-state index in [4.69, 9.17) is 0 Å². The summed E-state index contributed by atoms with van der Waals surface area (Å²) in [6.45, 7) is 5.54. The molecule has 1 heterocycles. The number of amides is 2. The molecule has 0 aliphatic rings. The van der Waals surface area contributed by atoms with Gasteiger partial charge in [-0.05, 0) is 31.5 Å². The van der Waals surface area contributed by atoms with Gasteiger partial charge in [0.05, 0.1) is 12.4 Å². The van der Waals surface area contributed by atoms with Gasteiger partial charge in [-0.15, -0.1) is 0 Å². The zero-order chi connectivity index (χ0) is 17.5. The molecule has 0 aliphatic heterocycles. The monoisotopic (exact) mass is 327 g/mol. The number of nitrogens with zero attached hydrogens (tertiary/aromatic N) is 2. The van der Waals surface area contributed by atoms with Crippen LogP contribution in [-0.4, -0.2) is 27.8 Å². The SMILES string of the molecule is CCC(C)Nc1cnc(C(=O)Nc2cccc(NC(C)=O)c2)cn1. The Morgan fingerprint density at radius 3 is 2.42 bits per heavy atom. The summed E-state index contributed by atoms with van der Waals surface area (Å²) < 4.78 is 0. The minimum absolute atomic E-state index is 0.172. The summed E-state index contributed by atoms with van der Waals surface area (Å²) in [6, 6.07) is 7.18. The Labute approximate surface area is 140 Å². The van der Waals surface area contributed by atoms with Crippen LogP contribution in [0, 0.1) is 0 Å². The summed E-state index contributed by atoms with van der Waals surface area (Å²) in [5.41, 5.74) is 1.39. The van der Waals surface area contributed by atoms with Crippen LogP contribution in [0.2, 0.25) is 0 Å². The fourth-order valence-electron chi connectivity index (χ4n) is 1.95. The third-order valence-electron chi connectivity index (χ3n) is 3.33. The van der Waals surface area contributed by atoms with Crippen molar-refractivity contribution in [2.24, 2.45) is 0 Å². The van der Waals surface area contributed by atoms with Crippen LogP contribution in [0.4, 0.5) is 17.2 Å². The van der Waals surface area contributed by atoms with Gasteiger partial charge in [0.2, 0.25) is 5.91 Å². The van der Waals surface area contributed by atoms with Crippen LogP contribution >= 0.6 is 0 Å². The first-order valence-corrected chi connectivity index (χ1v) is 7.75. The maximum Gasteiger partial charge on any atom is 0.275 e. The Morgan fingerprint density at radius 1 is 1.12 bits per heavy atom. The summed E-state index contributed by atoms with van der Waals surface area (Å²) in [5, 5.41) is 8.58. The fourth-order valence-corrected chi connectivity index (χ4v) is 1.95. The summed E-state index contributed by atoms with van der Waals surface area (Å²) >= 11 is 0. The van der Waals surface area contributed by atoms with Gasteiger partial charge in [-0.3, -0.25) is 9.59 Å². The zero-order valence-electron chi connectivity index (χ0n) is 14.0. The maximum absolute atomic E-state index is 12.2. The van der Waals surface area contributed by atoms with Crippen LogP contribution < -0.4 is 16.0 Å². The second kappa shape index (κ2) is 8.05. The lowest BCUT2D eigenvalue weighted by atomic mass is 10.2. The van der Waals surface area contributed by atoms with Crippen molar-refractivity contribution in [2.45, 2.75) is 33.2 Å². The second-order valence-corrected chi connectivity index (χ2v) is 5.46. The van der Waals surface area contributed by atoms with E-state index in [2.05, 4.69) is 32.8 Å². The van der Waals surface area contributed by atoms with Crippen LogP contribution in [0.5, 0.6) is 0 Å². The van der Waals surface area contributed by atoms with E-state index in [1.54, 1.807) is 24.3 Å². The van der Waals surface area contributed by atoms with Crippen LogP contribution in [0.1, 0.15) is 37.7 Å². The van der Waals surface area contributed by atoms with E-state index >= 15 is 0 Å². The van der Waals surface area contributed by atoms with Crippen LogP contribution in [0.15, 0.2) is 36.7 Å². The highest BCUT2D eigenvalue weighted by molar-refractivity contribution is 6.03. The van der Waals surface area contributed by atoms with Gasteiger partial charge in [0.15, 0.2) is 0 Å². The first-order chi connectivity index (χ1) is 11.5. The summed E-state index contributed by atoms with van der Waals surface area (Å²) in [7, 11) is 0. The molecule has 0 fully saturated rings. The van der Waals surface area contributed by atoms with Crippen molar-refractivity contribution in [1.82, 2.24) is 9.97 Å². The zero-order valence-corrected chi connectivity index (χ0v) is 14.0. The van der Waals surface area contributed by atoms with Crippen molar-refractivity contribution in [2.75, 3.05) is 16.0 Å². The highest BCUT2D eigenvalue weighted by atomic mass is 16.2. The molecule has 0 saturated heterocycles. The van der Waals surface area contributed by atoms with Gasteiger partial charge in [0.25, 0.3) is 5.91 Å². The molecule has 2 aromatic rings. The second-order valence-electron chi connectivity index (χ2n) is 5.46. The largest absolute Gasteiger partial charge is 0.366 e. The normalized spacial score (nSPS) is 11.5. The Kier molecular flexibility index (Phi) is 5.83. The number of hydrogen-bond donors (Lipinski definition) is 3. The molecular weight excluding hydrogens is 306 g/mol. The number of hydrogen-bond acceptors (Lipinski definition) is 5. The van der Waals surface area contributed by atoms with Gasteiger partial charge >= 0.3 is 0 Å². The third kappa shape index (κ3) is 5.05. The number of carbonyl (C=O) groups is 2. The molecule has 0 spiro atoms. The van der Waals surface area contributed by atoms with Gasteiger partial charge < -0.3 is 16.0 Å². The lowest BCUT2D eigenvalue weighted by Gasteiger charge is -2.11. The molecule has 0 saturated carbocycles. The predicted octanol–water partition coefficient (Wildman–Crippen LogP) is 2.90. The molecular formula is C17H21N5O2. The molecule has 0 aliphatic carbocycles. The quantitative estimate of drug-likeness (QED) is 0.758. The highest BCUT2D eigenvalue weighted by Gasteiger charge is 2.09. The Morgan fingerprint density at radius 2 is 1.83 bits per heavy atom. The molecule has 1 unspecified atom stereocenters. The van der Waals surface area contributed by atoms with Crippen LogP contribution in [-0.2, 0) is 4.79 Å². The fraction of sp³-hybridized carbons (Fsp3) is 0.294. The van der Waals surface area contributed by atoms with Crippen molar-refractivity contribution in [3.63, 3.8) is 0 Å². The van der Waals surface area contributed by atoms with E-state index in [9.17, 15) is 9.59 Å². The number of carbonyl (C=O) groups excluding carboxylic acids is 2. The van der Waals surface area contributed by atoms with E-state index in [1.807, 2.05) is 6.92 Å². The summed E-state index contributed by atoms with van der Waals surface area (Å²) in [4.78, 5) is 31.6. The average molecular weight is 327 g/mol. The van der Waals surface area contributed by atoms with E-state index in [0.29, 0.717) is 17.2 Å². The lowest BCUT2D eigenvalue weighted by Crippen LogP contribution is -2.17. The van der Waals surface area contributed by atoms with E-state index in [0.717, 1.165) is 6.42 Å². The minimum atomic E-state index is -0.363. The molecule has 2 rings (SSSR count). The molecule has 7 heteroatoms. The molecule has 7 nitrogen and oxygen atoms in total. The first-order valence-electron chi connectivity index (χ1n) is 7.75. The van der Waals surface area contributed by atoms with E-state index < -0.39 is 0 Å². The van der Waals surface area contributed by atoms with Crippen LogP contribution in [0.3, 0.4) is 0 Å². The topological polar surface area (TPSA) is 96.0 Å². The Bertz CT molecular complexity index is 715. The molecule has 0 radical (unpaired) electrons. The molecule has 1 aromatic heterocycles. The molecule has 3 N–H and O–H groups in total. The van der Waals surface area contributed by atoms with Crippen molar-refractivity contribution in [3.05, 3.63) is 42.4 Å². The third-order valence-corrected chi connectivity index (χ3v) is 3.33. The van der Waals surface area contributed by atoms with Gasteiger partial charge in [-0.2, -0.15) is 0 Å². The smallest absolute Gasteiger partial charge is 0.275 e. The molecule has 1 atom stereocenters. The lowest BCUT2D eigenvalue weighted by molar-refractivity contribution is -0.114. The van der Waals surface area contributed by atoms with Crippen LogP contribution in [0.25, 0.3) is 0 Å². The van der Waals surface area contributed by atoms with Gasteiger partial charge in [-0.1, -0.05) is 13.0 Å². The number of benzene rings is 1. The van der Waals surface area contributed by atoms with Crippen molar-refractivity contribution < 1.29 is 9.59 Å². The molecule has 24 heavy (non-hydrogen) atoms. The number of nitrogens with one attached hydrogen (secondary N) is 3. The Balaban J connectivity index is 2.03. The number of rotatable bonds is 6. The van der Waals surface area contributed by atoms with Crippen molar-refractivity contribution >= 4 is 29.0 Å². The number of aromatic nitrogens is 2. The first kappa shape index (κ1) is 17.4. The van der Waals surface area contributed by atoms with Crippen molar-refractivity contribution in [1.29, 1.82) is 0 Å². The predicted molar refractivity (Wildman–Crippen MR) is 94.1 cm³/mol. The standard InChI is InChI=1S/C17H21N5O2/c1-4-11(2)20-16-10-18-15(9-19-16)17(24)22-14-7-5-6-13(8-14)21-12(3)23/h5-11H,4H2,1-3H3,(H,19,20)(H,21,23)(H,22,24). The Hall–Kier alpha value is -2.96. The summed E-state index contributed by atoms with van der Waals surface area (Å²) in [5.74, 6) is 0.0971. The average Bonchev–Trinajstić information content (AvgIpc) is 2.55. The maximum atomic E-state index is 12.2. The minimum Gasteiger partial charge on any atom is -0.366 e. The highest BCUT2D eigenvalue weighted by Crippen LogP contribution is 2.16. The molecule has 1 aromatic carbocycles. The van der Waals surface area contributed by atoms with Crippen molar-refractivity contribution in [3.8, 4) is 0 Å². The molecule has 126 valence electrons. The van der Waals surface area contributed by atoms with Gasteiger partial charge in [-0.25, -0.2) is 9.97 Å². The van der Waals surface area contributed by atoms with Gasteiger partial charge in [0.1, 0.15) is 11.5 Å². The molecule has 2 amide bonds. The van der Waals surface area contributed by atoms with E-state index in [-0.39, 0.29) is 23.6 Å². The van der Waals surface area contributed by atoms with E-state index in [1.165, 1.54) is 19.3 Å². The molecule has 0 bridgehead atoms.